The molecule has 0 aliphatic rings. The van der Waals surface area contributed by atoms with Gasteiger partial charge in [-0.15, -0.1) is 0 Å². The lowest BCUT2D eigenvalue weighted by Crippen LogP contribution is -2.37. The predicted molar refractivity (Wildman–Crippen MR) is 78.7 cm³/mol. The Labute approximate surface area is 124 Å². The minimum absolute atomic E-state index is 0.0764. The number of amidine groups is 1. The summed E-state index contributed by atoms with van der Waals surface area (Å²) in [7, 11) is 0. The minimum Gasteiger partial charge on any atom is -0.409 e. The molecule has 0 fully saturated rings. The maximum atomic E-state index is 12.1. The molecule has 0 radical (unpaired) electrons. The van der Waals surface area contributed by atoms with E-state index in [1.807, 2.05) is 6.92 Å². The monoisotopic (exact) mass is 347 g/mol. The molecule has 0 saturated heterocycles. The number of rotatable bonds is 5. The number of halogens is 2. The molecule has 1 amide bonds. The molecule has 0 aliphatic heterocycles. The van der Waals surface area contributed by atoms with E-state index in [0.717, 1.165) is 0 Å². The van der Waals surface area contributed by atoms with E-state index in [9.17, 15) is 4.79 Å². The Balaban J connectivity index is 2.80. The quantitative estimate of drug-likeness (QED) is 0.331. The fourth-order valence-electron chi connectivity index (χ4n) is 1.53. The number of carbonyl (C=O) groups is 1. The highest BCUT2D eigenvalue weighted by molar-refractivity contribution is 9.10. The number of amides is 1. The zero-order valence-electron chi connectivity index (χ0n) is 10.4. The van der Waals surface area contributed by atoms with Gasteiger partial charge in [-0.05, 0) is 34.5 Å². The number of hydrogen-bond acceptors (Lipinski definition) is 3. The molecule has 1 unspecified atom stereocenters. The Morgan fingerprint density at radius 1 is 1.63 bits per heavy atom. The summed E-state index contributed by atoms with van der Waals surface area (Å²) in [4.78, 5) is 12.1. The van der Waals surface area contributed by atoms with Crippen LogP contribution in [0.25, 0.3) is 0 Å². The normalized spacial score (nSPS) is 13.1. The van der Waals surface area contributed by atoms with Crippen LogP contribution in [0.5, 0.6) is 0 Å². The van der Waals surface area contributed by atoms with Gasteiger partial charge in [-0.1, -0.05) is 29.7 Å². The molecule has 19 heavy (non-hydrogen) atoms. The first-order valence-electron chi connectivity index (χ1n) is 5.70. The molecule has 0 spiro atoms. The van der Waals surface area contributed by atoms with Crippen LogP contribution in [-0.4, -0.2) is 23.0 Å². The van der Waals surface area contributed by atoms with E-state index in [1.165, 1.54) is 0 Å². The van der Waals surface area contributed by atoms with Gasteiger partial charge in [0, 0.05) is 16.9 Å². The van der Waals surface area contributed by atoms with Crippen molar-refractivity contribution in [3.05, 3.63) is 33.3 Å². The molecule has 0 aromatic heterocycles. The first-order chi connectivity index (χ1) is 8.99. The fraction of sp³-hybridized carbons (Fsp3) is 0.333. The maximum Gasteiger partial charge on any atom is 0.253 e. The fourth-order valence-corrected chi connectivity index (χ4v) is 2.11. The minimum atomic E-state index is -0.288. The van der Waals surface area contributed by atoms with E-state index in [4.69, 9.17) is 22.5 Å². The first-order valence-corrected chi connectivity index (χ1v) is 6.88. The first kappa shape index (κ1) is 15.8. The van der Waals surface area contributed by atoms with Gasteiger partial charge in [-0.25, -0.2) is 0 Å². The third kappa shape index (κ3) is 4.40. The van der Waals surface area contributed by atoms with Crippen LogP contribution in [0.4, 0.5) is 0 Å². The number of carbonyl (C=O) groups excluding carboxylic acids is 1. The highest BCUT2D eigenvalue weighted by atomic mass is 79.9. The Morgan fingerprint density at radius 3 is 2.89 bits per heavy atom. The topological polar surface area (TPSA) is 87.7 Å². The van der Waals surface area contributed by atoms with Crippen molar-refractivity contribution in [3.63, 3.8) is 0 Å². The Hall–Kier alpha value is -1.27. The molecule has 1 aromatic rings. The second-order valence-corrected chi connectivity index (χ2v) is 5.21. The summed E-state index contributed by atoms with van der Waals surface area (Å²) in [5, 5.41) is 14.6. The standard InChI is InChI=1S/C12H15BrClN3O2/c1-2-7(6-10(15)17-19)16-12(18)8-4-3-5-9(13)11(8)14/h3-5,7,19H,2,6H2,1H3,(H2,15,17)(H,16,18). The van der Waals surface area contributed by atoms with Gasteiger partial charge < -0.3 is 16.3 Å². The average Bonchev–Trinajstić information content (AvgIpc) is 2.40. The van der Waals surface area contributed by atoms with Crippen molar-refractivity contribution in [2.45, 2.75) is 25.8 Å². The van der Waals surface area contributed by atoms with E-state index in [2.05, 4.69) is 26.4 Å². The summed E-state index contributed by atoms with van der Waals surface area (Å²) < 4.78 is 0.659. The van der Waals surface area contributed by atoms with Gasteiger partial charge in [0.05, 0.1) is 10.6 Å². The third-order valence-corrected chi connectivity index (χ3v) is 3.90. The number of nitrogens with one attached hydrogen (secondary N) is 1. The van der Waals surface area contributed by atoms with Crippen LogP contribution in [0.1, 0.15) is 30.1 Å². The molecule has 1 aromatic carbocycles. The van der Waals surface area contributed by atoms with Gasteiger partial charge in [-0.3, -0.25) is 4.79 Å². The van der Waals surface area contributed by atoms with Crippen molar-refractivity contribution in [2.75, 3.05) is 0 Å². The van der Waals surface area contributed by atoms with E-state index in [0.29, 0.717) is 21.5 Å². The summed E-state index contributed by atoms with van der Waals surface area (Å²) in [5.41, 5.74) is 5.82. The second-order valence-electron chi connectivity index (χ2n) is 3.98. The average molecular weight is 349 g/mol. The van der Waals surface area contributed by atoms with Crippen molar-refractivity contribution < 1.29 is 10.0 Å². The van der Waals surface area contributed by atoms with Crippen LogP contribution in [0, 0.1) is 0 Å². The van der Waals surface area contributed by atoms with E-state index in [-0.39, 0.29) is 24.2 Å². The molecule has 0 bridgehead atoms. The Morgan fingerprint density at radius 2 is 2.32 bits per heavy atom. The smallest absolute Gasteiger partial charge is 0.253 e. The van der Waals surface area contributed by atoms with Crippen LogP contribution in [0.3, 0.4) is 0 Å². The highest BCUT2D eigenvalue weighted by Gasteiger charge is 2.17. The molecule has 0 heterocycles. The molecule has 4 N–H and O–H groups in total. The summed E-state index contributed by atoms with van der Waals surface area (Å²) in [6.45, 7) is 1.90. The van der Waals surface area contributed by atoms with Gasteiger partial charge in [0.25, 0.3) is 5.91 Å². The molecular formula is C12H15BrClN3O2. The van der Waals surface area contributed by atoms with Gasteiger partial charge in [0.1, 0.15) is 5.84 Å². The van der Waals surface area contributed by atoms with Crippen LogP contribution < -0.4 is 11.1 Å². The number of oxime groups is 1. The number of nitrogens with two attached hydrogens (primary N) is 1. The largest absolute Gasteiger partial charge is 0.409 e. The van der Waals surface area contributed by atoms with Gasteiger partial charge in [-0.2, -0.15) is 0 Å². The van der Waals surface area contributed by atoms with Gasteiger partial charge in [0.2, 0.25) is 0 Å². The summed E-state index contributed by atoms with van der Waals surface area (Å²) in [6, 6.07) is 4.92. The zero-order valence-corrected chi connectivity index (χ0v) is 12.7. The highest BCUT2D eigenvalue weighted by Crippen LogP contribution is 2.26. The third-order valence-electron chi connectivity index (χ3n) is 2.61. The predicted octanol–water partition coefficient (Wildman–Crippen LogP) is 2.75. The van der Waals surface area contributed by atoms with Crippen LogP contribution >= 0.6 is 27.5 Å². The maximum absolute atomic E-state index is 12.1. The molecule has 7 heteroatoms. The zero-order chi connectivity index (χ0) is 14.4. The van der Waals surface area contributed by atoms with Crippen molar-refractivity contribution in [1.29, 1.82) is 0 Å². The molecule has 5 nitrogen and oxygen atoms in total. The van der Waals surface area contributed by atoms with E-state index in [1.54, 1.807) is 18.2 Å². The summed E-state index contributed by atoms with van der Waals surface area (Å²) in [6.07, 6.45) is 0.942. The second kappa shape index (κ2) is 7.35. The molecule has 104 valence electrons. The number of nitrogens with zero attached hydrogens (tertiary/aromatic N) is 1. The lowest BCUT2D eigenvalue weighted by atomic mass is 10.1. The van der Waals surface area contributed by atoms with E-state index < -0.39 is 0 Å². The van der Waals surface area contributed by atoms with Crippen molar-refractivity contribution in [3.8, 4) is 0 Å². The molecule has 1 atom stereocenters. The lowest BCUT2D eigenvalue weighted by Gasteiger charge is -2.16. The van der Waals surface area contributed by atoms with Crippen molar-refractivity contribution in [2.24, 2.45) is 10.9 Å². The molecule has 0 saturated carbocycles. The number of hydrogen-bond donors (Lipinski definition) is 3. The van der Waals surface area contributed by atoms with Crippen molar-refractivity contribution >= 4 is 39.3 Å². The van der Waals surface area contributed by atoms with Gasteiger partial charge in [0.15, 0.2) is 0 Å². The molecule has 1 rings (SSSR count). The Bertz CT molecular complexity index is 494. The lowest BCUT2D eigenvalue weighted by molar-refractivity contribution is 0.0937. The SMILES string of the molecule is CCC(C/C(N)=N/O)NC(=O)c1cccc(Br)c1Cl. The summed E-state index contributed by atoms with van der Waals surface area (Å²) in [5.74, 6) is -0.212. The number of benzene rings is 1. The Kier molecular flexibility index (Phi) is 6.11. The molecule has 0 aliphatic carbocycles. The van der Waals surface area contributed by atoms with Gasteiger partial charge >= 0.3 is 0 Å². The van der Waals surface area contributed by atoms with Crippen LogP contribution in [-0.2, 0) is 0 Å². The van der Waals surface area contributed by atoms with Crippen LogP contribution in [0.2, 0.25) is 5.02 Å². The van der Waals surface area contributed by atoms with E-state index >= 15 is 0 Å². The summed E-state index contributed by atoms with van der Waals surface area (Å²) >= 11 is 9.32. The molecular weight excluding hydrogens is 334 g/mol. The van der Waals surface area contributed by atoms with Crippen molar-refractivity contribution in [1.82, 2.24) is 5.32 Å². The van der Waals surface area contributed by atoms with Crippen LogP contribution in [0.15, 0.2) is 27.8 Å².